The standard InChI is InChI=1S/C13H17F2N3O2/c1-8-5-13(6-8,18-12(16)19)7-9-2-3-17-10(4-9)20-11(14)15/h2-4,8,11H,5-7H2,1H3,(H3,16,18,19). The smallest absolute Gasteiger partial charge is 0.388 e. The number of hydrogen-bond donors (Lipinski definition) is 2. The maximum Gasteiger partial charge on any atom is 0.388 e. The van der Waals surface area contributed by atoms with Crippen molar-refractivity contribution in [3.8, 4) is 5.88 Å². The van der Waals surface area contributed by atoms with Crippen molar-refractivity contribution in [2.24, 2.45) is 11.7 Å². The van der Waals surface area contributed by atoms with Crippen LogP contribution in [0.4, 0.5) is 13.6 Å². The molecule has 0 radical (unpaired) electrons. The second-order valence-electron chi connectivity index (χ2n) is 5.34. The van der Waals surface area contributed by atoms with Gasteiger partial charge >= 0.3 is 12.6 Å². The van der Waals surface area contributed by atoms with Crippen molar-refractivity contribution in [2.45, 2.75) is 38.3 Å². The number of nitrogens with zero attached hydrogens (tertiary/aromatic N) is 1. The quantitative estimate of drug-likeness (QED) is 0.869. The molecule has 0 saturated heterocycles. The van der Waals surface area contributed by atoms with Crippen molar-refractivity contribution < 1.29 is 18.3 Å². The minimum Gasteiger partial charge on any atom is -0.417 e. The summed E-state index contributed by atoms with van der Waals surface area (Å²) in [5, 5.41) is 2.76. The maximum atomic E-state index is 12.2. The molecule has 1 heterocycles. The molecule has 5 nitrogen and oxygen atoms in total. The number of ether oxygens (including phenoxy) is 1. The van der Waals surface area contributed by atoms with Crippen LogP contribution in [0, 0.1) is 5.92 Å². The molecule has 0 bridgehead atoms. The Morgan fingerprint density at radius 2 is 2.35 bits per heavy atom. The number of nitrogens with one attached hydrogen (secondary N) is 1. The first-order valence-electron chi connectivity index (χ1n) is 6.36. The predicted octanol–water partition coefficient (Wildman–Crippen LogP) is 2.06. The van der Waals surface area contributed by atoms with Crippen molar-refractivity contribution >= 4 is 6.03 Å². The summed E-state index contributed by atoms with van der Waals surface area (Å²) in [6, 6.07) is 2.60. The molecular weight excluding hydrogens is 268 g/mol. The molecule has 2 amide bonds. The summed E-state index contributed by atoms with van der Waals surface area (Å²) in [6.07, 6.45) is 3.54. The van der Waals surface area contributed by atoms with Crippen LogP contribution >= 0.6 is 0 Å². The Hall–Kier alpha value is -1.92. The number of halogens is 2. The number of pyridine rings is 1. The third kappa shape index (κ3) is 3.55. The van der Waals surface area contributed by atoms with Gasteiger partial charge in [-0.3, -0.25) is 0 Å². The molecule has 1 saturated carbocycles. The molecule has 3 N–H and O–H groups in total. The van der Waals surface area contributed by atoms with Gasteiger partial charge in [-0.1, -0.05) is 6.92 Å². The number of amides is 2. The molecule has 1 aromatic rings. The summed E-state index contributed by atoms with van der Waals surface area (Å²) in [7, 11) is 0. The average molecular weight is 285 g/mol. The lowest BCUT2D eigenvalue weighted by atomic mass is 9.66. The van der Waals surface area contributed by atoms with Crippen LogP contribution in [0.25, 0.3) is 0 Å². The van der Waals surface area contributed by atoms with Gasteiger partial charge in [-0.2, -0.15) is 8.78 Å². The molecule has 1 aromatic heterocycles. The second-order valence-corrected chi connectivity index (χ2v) is 5.34. The first-order chi connectivity index (χ1) is 9.38. The van der Waals surface area contributed by atoms with E-state index in [4.69, 9.17) is 5.73 Å². The number of nitrogens with two attached hydrogens (primary N) is 1. The van der Waals surface area contributed by atoms with Gasteiger partial charge in [0.15, 0.2) is 0 Å². The van der Waals surface area contributed by atoms with Gasteiger partial charge in [0.05, 0.1) is 0 Å². The van der Waals surface area contributed by atoms with Crippen LogP contribution < -0.4 is 15.8 Å². The van der Waals surface area contributed by atoms with E-state index in [0.717, 1.165) is 18.4 Å². The van der Waals surface area contributed by atoms with Crippen molar-refractivity contribution in [1.82, 2.24) is 10.3 Å². The number of alkyl halides is 2. The highest BCUT2D eigenvalue weighted by atomic mass is 19.3. The Bertz CT molecular complexity index is 490. The Kier molecular flexibility index (Phi) is 4.06. The second kappa shape index (κ2) is 5.60. The van der Waals surface area contributed by atoms with E-state index < -0.39 is 18.2 Å². The van der Waals surface area contributed by atoms with Crippen LogP contribution in [0.5, 0.6) is 5.88 Å². The molecule has 1 aliphatic rings. The van der Waals surface area contributed by atoms with E-state index >= 15 is 0 Å². The van der Waals surface area contributed by atoms with Crippen LogP contribution in [-0.2, 0) is 6.42 Å². The summed E-state index contributed by atoms with van der Waals surface area (Å²) in [5.41, 5.74) is 5.58. The molecular formula is C13H17F2N3O2. The number of primary amides is 1. The van der Waals surface area contributed by atoms with Crippen LogP contribution in [0.1, 0.15) is 25.3 Å². The molecule has 7 heteroatoms. The number of carbonyl (C=O) groups excluding carboxylic acids is 1. The van der Waals surface area contributed by atoms with E-state index in [1.165, 1.54) is 12.3 Å². The predicted molar refractivity (Wildman–Crippen MR) is 68.4 cm³/mol. The van der Waals surface area contributed by atoms with Gasteiger partial charge in [0.2, 0.25) is 5.88 Å². The van der Waals surface area contributed by atoms with E-state index in [0.29, 0.717) is 12.3 Å². The third-order valence-electron chi connectivity index (χ3n) is 3.42. The topological polar surface area (TPSA) is 77.2 Å². The van der Waals surface area contributed by atoms with Gasteiger partial charge in [0, 0.05) is 17.8 Å². The lowest BCUT2D eigenvalue weighted by molar-refractivity contribution is -0.0529. The zero-order chi connectivity index (χ0) is 14.8. The summed E-state index contributed by atoms with van der Waals surface area (Å²) >= 11 is 0. The minimum atomic E-state index is -2.90. The van der Waals surface area contributed by atoms with E-state index in [9.17, 15) is 13.6 Å². The van der Waals surface area contributed by atoms with Crippen LogP contribution in [0.2, 0.25) is 0 Å². The van der Waals surface area contributed by atoms with E-state index in [-0.39, 0.29) is 5.88 Å². The summed E-state index contributed by atoms with van der Waals surface area (Å²) < 4.78 is 28.6. The zero-order valence-electron chi connectivity index (χ0n) is 11.1. The molecule has 0 atom stereocenters. The van der Waals surface area contributed by atoms with Crippen molar-refractivity contribution in [2.75, 3.05) is 0 Å². The van der Waals surface area contributed by atoms with Gasteiger partial charge < -0.3 is 15.8 Å². The lowest BCUT2D eigenvalue weighted by Gasteiger charge is -2.47. The van der Waals surface area contributed by atoms with Crippen LogP contribution in [-0.4, -0.2) is 23.2 Å². The minimum absolute atomic E-state index is 0.126. The Morgan fingerprint density at radius 3 is 2.90 bits per heavy atom. The molecule has 0 aliphatic heterocycles. The average Bonchev–Trinajstić information content (AvgIpc) is 2.25. The lowest BCUT2D eigenvalue weighted by Crippen LogP contribution is -2.59. The highest BCUT2D eigenvalue weighted by molar-refractivity contribution is 5.72. The molecule has 1 aliphatic carbocycles. The van der Waals surface area contributed by atoms with Gasteiger partial charge in [-0.25, -0.2) is 9.78 Å². The molecule has 0 unspecified atom stereocenters. The molecule has 0 aromatic carbocycles. The fraction of sp³-hybridized carbons (Fsp3) is 0.538. The summed E-state index contributed by atoms with van der Waals surface area (Å²) in [6.45, 7) is -0.821. The molecule has 1 fully saturated rings. The number of carbonyl (C=O) groups is 1. The molecule has 0 spiro atoms. The van der Waals surface area contributed by atoms with E-state index in [1.807, 2.05) is 0 Å². The van der Waals surface area contributed by atoms with Gasteiger partial charge in [-0.15, -0.1) is 0 Å². The van der Waals surface area contributed by atoms with E-state index in [1.54, 1.807) is 6.07 Å². The van der Waals surface area contributed by atoms with E-state index in [2.05, 4.69) is 22.0 Å². The fourth-order valence-corrected chi connectivity index (χ4v) is 2.93. The SMILES string of the molecule is CC1CC(Cc2ccnc(OC(F)F)c2)(NC(N)=O)C1. The van der Waals surface area contributed by atoms with Gasteiger partial charge in [0.25, 0.3) is 0 Å². The third-order valence-corrected chi connectivity index (χ3v) is 3.42. The maximum absolute atomic E-state index is 12.2. The number of urea groups is 1. The Balaban J connectivity index is 2.09. The molecule has 110 valence electrons. The first kappa shape index (κ1) is 14.5. The Labute approximate surface area is 115 Å². The van der Waals surface area contributed by atoms with Gasteiger partial charge in [0.1, 0.15) is 0 Å². The van der Waals surface area contributed by atoms with Crippen molar-refractivity contribution in [3.63, 3.8) is 0 Å². The highest BCUT2D eigenvalue weighted by Crippen LogP contribution is 2.40. The van der Waals surface area contributed by atoms with Crippen molar-refractivity contribution in [1.29, 1.82) is 0 Å². The summed E-state index contributed by atoms with van der Waals surface area (Å²) in [4.78, 5) is 14.8. The normalized spacial score (nSPS) is 25.1. The number of aromatic nitrogens is 1. The fourth-order valence-electron chi connectivity index (χ4n) is 2.93. The van der Waals surface area contributed by atoms with Crippen LogP contribution in [0.15, 0.2) is 18.3 Å². The van der Waals surface area contributed by atoms with Crippen LogP contribution in [0.3, 0.4) is 0 Å². The zero-order valence-corrected chi connectivity index (χ0v) is 11.1. The Morgan fingerprint density at radius 1 is 1.65 bits per heavy atom. The monoisotopic (exact) mass is 285 g/mol. The number of hydrogen-bond acceptors (Lipinski definition) is 3. The van der Waals surface area contributed by atoms with Gasteiger partial charge in [-0.05, 0) is 36.8 Å². The summed E-state index contributed by atoms with van der Waals surface area (Å²) in [5.74, 6) is 0.375. The number of rotatable bonds is 5. The highest BCUT2D eigenvalue weighted by Gasteiger charge is 2.42. The molecule has 20 heavy (non-hydrogen) atoms. The van der Waals surface area contributed by atoms with Crippen molar-refractivity contribution in [3.05, 3.63) is 23.9 Å². The largest absolute Gasteiger partial charge is 0.417 e. The first-order valence-corrected chi connectivity index (χ1v) is 6.36. The molecule has 2 rings (SSSR count).